The van der Waals surface area contributed by atoms with Gasteiger partial charge in [0.25, 0.3) is 5.56 Å². The van der Waals surface area contributed by atoms with Crippen LogP contribution in [0.2, 0.25) is 5.02 Å². The number of aryl methyl sites for hydroxylation is 1. The summed E-state index contributed by atoms with van der Waals surface area (Å²) < 4.78 is 2.59. The fraction of sp³-hybridized carbons (Fsp3) is 0.125. The molecule has 0 unspecified atom stereocenters. The Morgan fingerprint density at radius 3 is 2.83 bits per heavy atom. The van der Waals surface area contributed by atoms with Gasteiger partial charge in [-0.15, -0.1) is 5.10 Å². The minimum atomic E-state index is -0.373. The predicted molar refractivity (Wildman–Crippen MR) is 90.4 cm³/mol. The van der Waals surface area contributed by atoms with Crippen LogP contribution in [-0.4, -0.2) is 25.5 Å². The van der Waals surface area contributed by atoms with E-state index < -0.39 is 0 Å². The minimum absolute atomic E-state index is 0.209. The summed E-state index contributed by atoms with van der Waals surface area (Å²) in [5.74, 6) is 0.0768. The lowest BCUT2D eigenvalue weighted by atomic mass is 10.2. The van der Waals surface area contributed by atoms with Gasteiger partial charge in [0.1, 0.15) is 6.54 Å². The lowest BCUT2D eigenvalue weighted by Crippen LogP contribution is -2.30. The maximum absolute atomic E-state index is 12.2. The second-order valence-corrected chi connectivity index (χ2v) is 5.56. The first kappa shape index (κ1) is 15.9. The molecule has 2 heterocycles. The van der Waals surface area contributed by atoms with Gasteiger partial charge in [0, 0.05) is 29.2 Å². The van der Waals surface area contributed by atoms with Crippen molar-refractivity contribution in [2.45, 2.75) is 13.5 Å². The van der Waals surface area contributed by atoms with Crippen molar-refractivity contribution in [3.63, 3.8) is 0 Å². The van der Waals surface area contributed by atoms with E-state index in [0.29, 0.717) is 16.5 Å². The van der Waals surface area contributed by atoms with Crippen LogP contribution < -0.4 is 10.9 Å². The number of rotatable bonds is 4. The monoisotopic (exact) mass is 343 g/mol. The van der Waals surface area contributed by atoms with E-state index in [2.05, 4.69) is 15.5 Å². The van der Waals surface area contributed by atoms with E-state index in [1.54, 1.807) is 42.7 Å². The molecule has 0 spiro atoms. The molecule has 3 aromatic rings. The number of hydrogen-bond donors (Lipinski definition) is 1. The van der Waals surface area contributed by atoms with Crippen LogP contribution in [-0.2, 0) is 11.3 Å². The maximum Gasteiger partial charge on any atom is 0.267 e. The number of nitrogens with one attached hydrogen (secondary N) is 1. The maximum atomic E-state index is 12.2. The molecule has 0 radical (unpaired) electrons. The fourth-order valence-corrected chi connectivity index (χ4v) is 2.27. The summed E-state index contributed by atoms with van der Waals surface area (Å²) in [7, 11) is 0. The number of carbonyl (C=O) groups is 1. The molecule has 0 saturated heterocycles. The molecule has 3 rings (SSSR count). The lowest BCUT2D eigenvalue weighted by molar-refractivity contribution is -0.117. The van der Waals surface area contributed by atoms with Gasteiger partial charge in [-0.05, 0) is 36.8 Å². The van der Waals surface area contributed by atoms with Crippen LogP contribution in [0.15, 0.2) is 53.6 Å². The molecule has 0 saturated carbocycles. The van der Waals surface area contributed by atoms with Crippen molar-refractivity contribution < 1.29 is 4.79 Å². The zero-order chi connectivity index (χ0) is 17.1. The second kappa shape index (κ2) is 6.67. The van der Waals surface area contributed by atoms with E-state index >= 15 is 0 Å². The normalized spacial score (nSPS) is 10.6. The fourth-order valence-electron chi connectivity index (χ4n) is 2.09. The summed E-state index contributed by atoms with van der Waals surface area (Å²) in [6.07, 6.45) is 3.30. The number of anilines is 1. The van der Waals surface area contributed by atoms with Crippen molar-refractivity contribution in [3.05, 3.63) is 69.7 Å². The summed E-state index contributed by atoms with van der Waals surface area (Å²) in [5, 5.41) is 11.4. The van der Waals surface area contributed by atoms with Crippen molar-refractivity contribution in [2.75, 3.05) is 5.32 Å². The third-order valence-corrected chi connectivity index (χ3v) is 3.75. The van der Waals surface area contributed by atoms with E-state index in [-0.39, 0.29) is 18.0 Å². The second-order valence-electron chi connectivity index (χ2n) is 5.15. The van der Waals surface area contributed by atoms with Crippen molar-refractivity contribution in [3.8, 4) is 5.82 Å². The molecule has 2 aromatic heterocycles. The molecule has 0 fully saturated rings. The molecule has 0 aliphatic heterocycles. The number of halogens is 1. The van der Waals surface area contributed by atoms with Gasteiger partial charge < -0.3 is 5.32 Å². The molecule has 0 atom stereocenters. The smallest absolute Gasteiger partial charge is 0.267 e. The van der Waals surface area contributed by atoms with Crippen LogP contribution in [0.3, 0.4) is 0 Å². The van der Waals surface area contributed by atoms with Crippen molar-refractivity contribution in [2.24, 2.45) is 0 Å². The van der Waals surface area contributed by atoms with Gasteiger partial charge in [0.2, 0.25) is 5.91 Å². The quantitative estimate of drug-likeness (QED) is 0.785. The van der Waals surface area contributed by atoms with Crippen LogP contribution in [0, 0.1) is 6.92 Å². The molecule has 0 aliphatic carbocycles. The first-order valence-electron chi connectivity index (χ1n) is 7.17. The summed E-state index contributed by atoms with van der Waals surface area (Å²) >= 11 is 6.03. The average Bonchev–Trinajstić information content (AvgIpc) is 3.07. The first-order valence-corrected chi connectivity index (χ1v) is 7.55. The van der Waals surface area contributed by atoms with E-state index in [1.165, 1.54) is 10.7 Å². The van der Waals surface area contributed by atoms with Crippen molar-refractivity contribution >= 4 is 23.2 Å². The highest BCUT2D eigenvalue weighted by Gasteiger charge is 2.09. The molecular formula is C16H14ClN5O2. The number of hydrogen-bond acceptors (Lipinski definition) is 4. The first-order chi connectivity index (χ1) is 11.5. The van der Waals surface area contributed by atoms with Gasteiger partial charge in [0.05, 0.1) is 0 Å². The minimum Gasteiger partial charge on any atom is -0.324 e. The van der Waals surface area contributed by atoms with Crippen LogP contribution >= 0.6 is 11.6 Å². The van der Waals surface area contributed by atoms with E-state index in [1.807, 2.05) is 6.92 Å². The van der Waals surface area contributed by atoms with Gasteiger partial charge in [-0.2, -0.15) is 5.10 Å². The zero-order valence-corrected chi connectivity index (χ0v) is 13.6. The largest absolute Gasteiger partial charge is 0.324 e. The summed E-state index contributed by atoms with van der Waals surface area (Å²) in [4.78, 5) is 24.0. The Kier molecular flexibility index (Phi) is 4.43. The zero-order valence-electron chi connectivity index (χ0n) is 12.8. The van der Waals surface area contributed by atoms with Crippen LogP contribution in [0.25, 0.3) is 5.82 Å². The Bertz CT molecular complexity index is 934. The topological polar surface area (TPSA) is 81.8 Å². The number of amides is 1. The van der Waals surface area contributed by atoms with Crippen molar-refractivity contribution in [1.29, 1.82) is 0 Å². The number of aromatic nitrogens is 4. The van der Waals surface area contributed by atoms with Gasteiger partial charge in [-0.1, -0.05) is 17.7 Å². The molecule has 24 heavy (non-hydrogen) atoms. The SMILES string of the molecule is Cc1ccc(NC(=O)Cn2nc(-n3cccn3)ccc2=O)cc1Cl. The Hall–Kier alpha value is -2.93. The van der Waals surface area contributed by atoms with Crippen LogP contribution in [0.4, 0.5) is 5.69 Å². The number of carbonyl (C=O) groups excluding carboxylic acids is 1. The van der Waals surface area contributed by atoms with Gasteiger partial charge >= 0.3 is 0 Å². The molecule has 0 bridgehead atoms. The van der Waals surface area contributed by atoms with E-state index in [9.17, 15) is 9.59 Å². The van der Waals surface area contributed by atoms with Gasteiger partial charge in [-0.3, -0.25) is 9.59 Å². The average molecular weight is 344 g/mol. The van der Waals surface area contributed by atoms with Crippen LogP contribution in [0.5, 0.6) is 0 Å². The number of nitrogens with zero attached hydrogens (tertiary/aromatic N) is 4. The molecule has 1 amide bonds. The standard InChI is InChI=1S/C16H14ClN5O2/c1-11-3-4-12(9-13(11)17)19-15(23)10-22-16(24)6-5-14(20-22)21-8-2-7-18-21/h2-9H,10H2,1H3,(H,19,23). The molecule has 7 nitrogen and oxygen atoms in total. The highest BCUT2D eigenvalue weighted by molar-refractivity contribution is 6.31. The van der Waals surface area contributed by atoms with Gasteiger partial charge in [-0.25, -0.2) is 9.36 Å². The molecular weight excluding hydrogens is 330 g/mol. The predicted octanol–water partition coefficient (Wildman–Crippen LogP) is 2.03. The molecule has 1 aromatic carbocycles. The molecule has 1 N–H and O–H groups in total. The van der Waals surface area contributed by atoms with Gasteiger partial charge in [0.15, 0.2) is 5.82 Å². The third kappa shape index (κ3) is 3.52. The summed E-state index contributed by atoms with van der Waals surface area (Å²) in [5.41, 5.74) is 1.11. The Morgan fingerprint density at radius 1 is 1.29 bits per heavy atom. The van der Waals surface area contributed by atoms with Crippen LogP contribution in [0.1, 0.15) is 5.56 Å². The van der Waals surface area contributed by atoms with E-state index in [0.717, 1.165) is 10.2 Å². The summed E-state index contributed by atoms with van der Waals surface area (Å²) in [6.45, 7) is 1.66. The Labute approximate surface area is 142 Å². The van der Waals surface area contributed by atoms with Crippen molar-refractivity contribution in [1.82, 2.24) is 19.6 Å². The molecule has 8 heteroatoms. The Balaban J connectivity index is 1.77. The van der Waals surface area contributed by atoms with E-state index in [4.69, 9.17) is 11.6 Å². The highest BCUT2D eigenvalue weighted by Crippen LogP contribution is 2.19. The summed E-state index contributed by atoms with van der Waals surface area (Å²) in [6, 6.07) is 9.84. The molecule has 0 aliphatic rings. The lowest BCUT2D eigenvalue weighted by Gasteiger charge is -2.09. The third-order valence-electron chi connectivity index (χ3n) is 3.34. The molecule has 122 valence electrons. The number of benzene rings is 1. The highest BCUT2D eigenvalue weighted by atomic mass is 35.5. The Morgan fingerprint density at radius 2 is 2.12 bits per heavy atom.